The molecule has 0 aliphatic rings. The highest BCUT2D eigenvalue weighted by atomic mass is 28.3. The molecular weight excluding hydrogens is 276 g/mol. The van der Waals surface area contributed by atoms with Gasteiger partial charge in [-0.05, 0) is 51.7 Å². The fraction of sp³-hybridized carbons (Fsp3) is 0.222. The number of hydrogen-bond acceptors (Lipinski definition) is 2. The Morgan fingerprint density at radius 1 is 0.810 bits per heavy atom. The van der Waals surface area contributed by atoms with Gasteiger partial charge in [-0.25, -0.2) is 0 Å². The zero-order valence-electron chi connectivity index (χ0n) is 12.4. The first-order valence-corrected chi connectivity index (χ1v) is 8.68. The Morgan fingerprint density at radius 3 is 2.19 bits per heavy atom. The molecule has 0 saturated heterocycles. The molecule has 0 heterocycles. The molecule has 0 fully saturated rings. The van der Waals surface area contributed by atoms with Gasteiger partial charge in [0.15, 0.2) is 0 Å². The molecule has 3 heteroatoms. The fourth-order valence-corrected chi connectivity index (χ4v) is 3.82. The summed E-state index contributed by atoms with van der Waals surface area (Å²) in [6.07, 6.45) is 0.992. The van der Waals surface area contributed by atoms with E-state index in [1.807, 2.05) is 0 Å². The van der Waals surface area contributed by atoms with Crippen LogP contribution in [0, 0.1) is 0 Å². The molecule has 0 aromatic heterocycles. The van der Waals surface area contributed by atoms with Crippen molar-refractivity contribution in [1.29, 1.82) is 0 Å². The lowest BCUT2D eigenvalue weighted by Crippen LogP contribution is -2.19. The maximum Gasteiger partial charge on any atom is 0.384 e. The number of rotatable bonds is 5. The molecule has 1 radical (unpaired) electrons. The topological polar surface area (TPSA) is 18.5 Å². The van der Waals surface area contributed by atoms with E-state index < -0.39 is 9.28 Å². The number of aryl methyl sites for hydroxylation is 1. The molecule has 0 aliphatic heterocycles. The summed E-state index contributed by atoms with van der Waals surface area (Å²) in [5.74, 6) is 0. The van der Waals surface area contributed by atoms with Crippen molar-refractivity contribution in [2.45, 2.75) is 12.5 Å². The summed E-state index contributed by atoms with van der Waals surface area (Å²) >= 11 is 0. The monoisotopic (exact) mass is 295 g/mol. The van der Waals surface area contributed by atoms with Crippen molar-refractivity contribution >= 4 is 30.8 Å². The summed E-state index contributed by atoms with van der Waals surface area (Å²) in [5, 5.41) is 5.22. The maximum absolute atomic E-state index is 5.38. The second-order valence-electron chi connectivity index (χ2n) is 5.12. The Balaban J connectivity index is 2.00. The highest BCUT2D eigenvalue weighted by Crippen LogP contribution is 2.26. The largest absolute Gasteiger partial charge is 0.397 e. The average molecular weight is 295 g/mol. The van der Waals surface area contributed by atoms with Crippen LogP contribution in [0.3, 0.4) is 0 Å². The lowest BCUT2D eigenvalue weighted by Gasteiger charge is -2.11. The van der Waals surface area contributed by atoms with E-state index in [1.165, 1.54) is 27.1 Å². The number of hydrogen-bond donors (Lipinski definition) is 0. The van der Waals surface area contributed by atoms with Crippen LogP contribution in [0.5, 0.6) is 0 Å². The second kappa shape index (κ2) is 6.39. The lowest BCUT2D eigenvalue weighted by atomic mass is 9.99. The predicted molar refractivity (Wildman–Crippen MR) is 89.7 cm³/mol. The van der Waals surface area contributed by atoms with Crippen LogP contribution in [0.2, 0.25) is 6.04 Å². The van der Waals surface area contributed by atoms with Gasteiger partial charge in [0.25, 0.3) is 0 Å². The summed E-state index contributed by atoms with van der Waals surface area (Å²) in [6.45, 7) is 0. The quantitative estimate of drug-likeness (QED) is 0.515. The summed E-state index contributed by atoms with van der Waals surface area (Å²) in [5.41, 5.74) is 1.37. The minimum Gasteiger partial charge on any atom is -0.397 e. The number of benzene rings is 3. The molecule has 3 aromatic carbocycles. The van der Waals surface area contributed by atoms with Crippen molar-refractivity contribution < 1.29 is 8.85 Å². The van der Waals surface area contributed by atoms with Crippen molar-refractivity contribution in [3.8, 4) is 0 Å². The Morgan fingerprint density at radius 2 is 1.48 bits per heavy atom. The first-order chi connectivity index (χ1) is 10.3. The molecule has 3 aromatic rings. The van der Waals surface area contributed by atoms with E-state index in [0.29, 0.717) is 0 Å². The van der Waals surface area contributed by atoms with Gasteiger partial charge in [-0.1, -0.05) is 42.5 Å². The molecule has 2 nitrogen and oxygen atoms in total. The molecule has 107 valence electrons. The number of fused-ring (bicyclic) bond motifs is 2. The Bertz CT molecular complexity index is 750. The van der Waals surface area contributed by atoms with Crippen molar-refractivity contribution in [2.24, 2.45) is 0 Å². The molecule has 0 bridgehead atoms. The third-order valence-electron chi connectivity index (χ3n) is 3.89. The molecule has 0 amide bonds. The van der Waals surface area contributed by atoms with Crippen LogP contribution in [-0.4, -0.2) is 23.5 Å². The van der Waals surface area contributed by atoms with Gasteiger partial charge in [-0.15, -0.1) is 0 Å². The molecule has 0 atom stereocenters. The molecule has 0 aliphatic carbocycles. The third-order valence-corrected chi connectivity index (χ3v) is 5.46. The molecule has 0 N–H and O–H groups in total. The normalized spacial score (nSPS) is 11.6. The maximum atomic E-state index is 5.38. The zero-order chi connectivity index (χ0) is 14.7. The highest BCUT2D eigenvalue weighted by Gasteiger charge is 2.13. The van der Waals surface area contributed by atoms with Crippen LogP contribution in [0.4, 0.5) is 0 Å². The van der Waals surface area contributed by atoms with Crippen molar-refractivity contribution in [3.63, 3.8) is 0 Å². The Labute approximate surface area is 127 Å². The first kappa shape index (κ1) is 14.3. The molecule has 0 spiro atoms. The van der Waals surface area contributed by atoms with Gasteiger partial charge in [0.1, 0.15) is 0 Å². The Hall–Kier alpha value is -1.68. The van der Waals surface area contributed by atoms with E-state index in [4.69, 9.17) is 8.85 Å². The first-order valence-electron chi connectivity index (χ1n) is 7.16. The fourth-order valence-electron chi connectivity index (χ4n) is 2.77. The third kappa shape index (κ3) is 3.00. The van der Waals surface area contributed by atoms with Crippen LogP contribution in [0.1, 0.15) is 5.56 Å². The van der Waals surface area contributed by atoms with E-state index in [2.05, 4.69) is 54.6 Å². The van der Waals surface area contributed by atoms with Gasteiger partial charge in [-0.2, -0.15) is 0 Å². The second-order valence-corrected chi connectivity index (χ2v) is 7.18. The van der Waals surface area contributed by atoms with Crippen LogP contribution in [0.15, 0.2) is 54.6 Å². The molecule has 21 heavy (non-hydrogen) atoms. The van der Waals surface area contributed by atoms with Gasteiger partial charge in [0.05, 0.1) is 0 Å². The predicted octanol–water partition coefficient (Wildman–Crippen LogP) is 4.32. The van der Waals surface area contributed by atoms with Gasteiger partial charge in [0.2, 0.25) is 0 Å². The van der Waals surface area contributed by atoms with Gasteiger partial charge in [-0.3, -0.25) is 0 Å². The highest BCUT2D eigenvalue weighted by molar-refractivity contribution is 6.44. The Kier molecular flexibility index (Phi) is 4.34. The summed E-state index contributed by atoms with van der Waals surface area (Å²) in [7, 11) is 2.33. The summed E-state index contributed by atoms with van der Waals surface area (Å²) in [4.78, 5) is 0. The van der Waals surface area contributed by atoms with Crippen LogP contribution >= 0.6 is 0 Å². The van der Waals surface area contributed by atoms with Crippen molar-refractivity contribution in [2.75, 3.05) is 14.2 Å². The van der Waals surface area contributed by atoms with Gasteiger partial charge in [0, 0.05) is 14.2 Å². The van der Waals surface area contributed by atoms with E-state index >= 15 is 0 Å². The SMILES string of the molecule is CO[Si](CCc1cccc2cc3ccccc3cc12)OC. The van der Waals surface area contributed by atoms with Gasteiger partial charge < -0.3 is 8.85 Å². The van der Waals surface area contributed by atoms with E-state index in [0.717, 1.165) is 12.5 Å². The lowest BCUT2D eigenvalue weighted by molar-refractivity contribution is 0.277. The van der Waals surface area contributed by atoms with Crippen molar-refractivity contribution in [3.05, 3.63) is 60.2 Å². The average Bonchev–Trinajstić information content (AvgIpc) is 2.54. The van der Waals surface area contributed by atoms with E-state index in [9.17, 15) is 0 Å². The van der Waals surface area contributed by atoms with Crippen LogP contribution in [0.25, 0.3) is 21.5 Å². The van der Waals surface area contributed by atoms with Crippen molar-refractivity contribution in [1.82, 2.24) is 0 Å². The van der Waals surface area contributed by atoms with E-state index in [1.54, 1.807) is 14.2 Å². The van der Waals surface area contributed by atoms with E-state index in [-0.39, 0.29) is 0 Å². The molecular formula is C18H19O2Si. The standard InChI is InChI=1S/C18H19O2Si/c1-19-21(20-2)11-10-14-8-5-9-17-12-15-6-3-4-7-16(15)13-18(14)17/h3-9,12-13H,10-11H2,1-2H3. The summed E-state index contributed by atoms with van der Waals surface area (Å²) in [6, 6.07) is 20.6. The smallest absolute Gasteiger partial charge is 0.384 e. The zero-order valence-corrected chi connectivity index (χ0v) is 13.4. The van der Waals surface area contributed by atoms with Crippen LogP contribution < -0.4 is 0 Å². The minimum absolute atomic E-state index is 0.962. The molecule has 3 rings (SSSR count). The van der Waals surface area contributed by atoms with Crippen LogP contribution in [-0.2, 0) is 15.3 Å². The van der Waals surface area contributed by atoms with Gasteiger partial charge >= 0.3 is 9.28 Å². The molecule has 0 unspecified atom stereocenters. The summed E-state index contributed by atoms with van der Waals surface area (Å²) < 4.78 is 10.8. The minimum atomic E-state index is -1.13. The molecule has 0 saturated carbocycles.